The van der Waals surface area contributed by atoms with Crippen molar-refractivity contribution in [3.8, 4) is 5.75 Å². The van der Waals surface area contributed by atoms with Gasteiger partial charge in [-0.25, -0.2) is 13.2 Å². The Kier molecular flexibility index (Phi) is 6.09. The molecule has 1 aromatic carbocycles. The van der Waals surface area contributed by atoms with Crippen LogP contribution in [0.15, 0.2) is 36.4 Å². The molecule has 32 heavy (non-hydrogen) atoms. The average molecular weight is 461 g/mol. The standard InChI is InChI=1S/C24H32N2O5S/c1-23(2)21(27)25-22(28)26(23)13-4-3-5-14-32(29,30)17-24(11-12-24)19-7-6-8-20(15-19)31-16-18-9-10-18/h3-4,6-8,15,18H,5,9-14,16-17H2,1-2H3,(H,25,27,28)/b4-3+. The molecule has 7 nitrogen and oxygen atoms in total. The summed E-state index contributed by atoms with van der Waals surface area (Å²) in [5.41, 5.74) is -0.140. The Morgan fingerprint density at radius 2 is 1.94 bits per heavy atom. The van der Waals surface area contributed by atoms with Crippen LogP contribution in [0.25, 0.3) is 0 Å². The molecule has 2 aliphatic carbocycles. The number of allylic oxidation sites excluding steroid dienone is 1. The molecule has 1 heterocycles. The minimum absolute atomic E-state index is 0.0671. The summed E-state index contributed by atoms with van der Waals surface area (Å²) in [7, 11) is -3.23. The quantitative estimate of drug-likeness (QED) is 0.404. The topological polar surface area (TPSA) is 92.8 Å². The molecular formula is C24H32N2O5S. The summed E-state index contributed by atoms with van der Waals surface area (Å²) in [4.78, 5) is 25.1. The van der Waals surface area contributed by atoms with Gasteiger partial charge in [-0.15, -0.1) is 0 Å². The smallest absolute Gasteiger partial charge is 0.325 e. The fourth-order valence-corrected chi connectivity index (χ4v) is 6.06. The molecular weight excluding hydrogens is 428 g/mol. The van der Waals surface area contributed by atoms with Gasteiger partial charge >= 0.3 is 6.03 Å². The fraction of sp³-hybridized carbons (Fsp3) is 0.583. The van der Waals surface area contributed by atoms with Crippen LogP contribution in [0.3, 0.4) is 0 Å². The van der Waals surface area contributed by atoms with E-state index in [4.69, 9.17) is 4.74 Å². The van der Waals surface area contributed by atoms with Crippen LogP contribution in [0.1, 0.15) is 51.5 Å². The predicted octanol–water partition coefficient (Wildman–Crippen LogP) is 3.20. The number of hydrogen-bond acceptors (Lipinski definition) is 5. The molecule has 0 bridgehead atoms. The number of rotatable bonds is 11. The van der Waals surface area contributed by atoms with Crippen LogP contribution in [-0.4, -0.2) is 55.5 Å². The first-order valence-corrected chi connectivity index (χ1v) is 13.2. The molecule has 0 spiro atoms. The van der Waals surface area contributed by atoms with Gasteiger partial charge in [0.2, 0.25) is 0 Å². The molecule has 2 saturated carbocycles. The van der Waals surface area contributed by atoms with Crippen molar-refractivity contribution in [3.05, 3.63) is 42.0 Å². The second-order valence-corrected chi connectivity index (χ2v) is 12.0. The highest BCUT2D eigenvalue weighted by atomic mass is 32.2. The number of nitrogens with zero attached hydrogens (tertiary/aromatic N) is 1. The van der Waals surface area contributed by atoms with Gasteiger partial charge in [-0.3, -0.25) is 10.1 Å². The number of carbonyl (C=O) groups excluding carboxylic acids is 2. The monoisotopic (exact) mass is 460 g/mol. The van der Waals surface area contributed by atoms with E-state index in [1.165, 1.54) is 17.7 Å². The van der Waals surface area contributed by atoms with E-state index in [0.717, 1.165) is 30.8 Å². The third kappa shape index (κ3) is 5.17. The van der Waals surface area contributed by atoms with Crippen LogP contribution in [0.5, 0.6) is 5.75 Å². The van der Waals surface area contributed by atoms with Gasteiger partial charge in [0.15, 0.2) is 9.84 Å². The molecule has 0 radical (unpaired) electrons. The molecule has 0 unspecified atom stereocenters. The van der Waals surface area contributed by atoms with Crippen LogP contribution in [0.4, 0.5) is 4.79 Å². The van der Waals surface area contributed by atoms with Crippen LogP contribution < -0.4 is 10.1 Å². The third-order valence-electron chi connectivity index (χ3n) is 6.73. The molecule has 0 atom stereocenters. The minimum atomic E-state index is -3.23. The number of ether oxygens (including phenoxy) is 1. The highest BCUT2D eigenvalue weighted by molar-refractivity contribution is 7.91. The summed E-state index contributed by atoms with van der Waals surface area (Å²) in [5, 5.41) is 2.30. The molecule has 174 valence electrons. The second-order valence-electron chi connectivity index (χ2n) is 9.84. The van der Waals surface area contributed by atoms with Crippen molar-refractivity contribution in [2.75, 3.05) is 24.7 Å². The van der Waals surface area contributed by atoms with Crippen molar-refractivity contribution in [2.24, 2.45) is 5.92 Å². The number of urea groups is 1. The first-order chi connectivity index (χ1) is 15.1. The fourth-order valence-electron chi connectivity index (χ4n) is 4.13. The van der Waals surface area contributed by atoms with E-state index in [-0.39, 0.29) is 29.4 Å². The highest BCUT2D eigenvalue weighted by Gasteiger charge is 2.47. The summed E-state index contributed by atoms with van der Waals surface area (Å²) < 4.78 is 31.5. The molecule has 3 fully saturated rings. The van der Waals surface area contributed by atoms with Crippen LogP contribution in [-0.2, 0) is 20.0 Å². The van der Waals surface area contributed by atoms with Gasteiger partial charge in [-0.1, -0.05) is 24.3 Å². The molecule has 1 aliphatic heterocycles. The maximum Gasteiger partial charge on any atom is 0.325 e. The van der Waals surface area contributed by atoms with E-state index in [1.54, 1.807) is 26.0 Å². The Balaban J connectivity index is 1.29. The zero-order valence-corrected chi connectivity index (χ0v) is 19.6. The summed E-state index contributed by atoms with van der Waals surface area (Å²) >= 11 is 0. The van der Waals surface area contributed by atoms with E-state index in [0.29, 0.717) is 12.3 Å². The summed E-state index contributed by atoms with van der Waals surface area (Å²) in [6, 6.07) is 7.49. The molecule has 3 amide bonds. The number of carbonyl (C=O) groups is 2. The van der Waals surface area contributed by atoms with Gasteiger partial charge in [-0.2, -0.15) is 0 Å². The predicted molar refractivity (Wildman–Crippen MR) is 122 cm³/mol. The molecule has 8 heteroatoms. The number of hydrogen-bond donors (Lipinski definition) is 1. The molecule has 1 N–H and O–H groups in total. The summed E-state index contributed by atoms with van der Waals surface area (Å²) in [6.07, 6.45) is 8.13. The average Bonchev–Trinajstić information content (AvgIpc) is 3.64. The van der Waals surface area contributed by atoms with Crippen LogP contribution >= 0.6 is 0 Å². The lowest BCUT2D eigenvalue weighted by atomic mass is 9.98. The van der Waals surface area contributed by atoms with E-state index in [9.17, 15) is 18.0 Å². The van der Waals surface area contributed by atoms with Crippen molar-refractivity contribution in [1.82, 2.24) is 10.2 Å². The highest BCUT2D eigenvalue weighted by Crippen LogP contribution is 2.50. The SMILES string of the molecule is CC1(C)C(=O)NC(=O)N1C/C=C/CCS(=O)(=O)CC1(c2cccc(OCC3CC3)c2)CC1. The lowest BCUT2D eigenvalue weighted by Gasteiger charge is -2.26. The normalized spacial score (nSPS) is 21.8. The Morgan fingerprint density at radius 1 is 1.19 bits per heavy atom. The Labute approximate surface area is 190 Å². The number of nitrogens with one attached hydrogen (secondary N) is 1. The van der Waals surface area contributed by atoms with Crippen molar-refractivity contribution >= 4 is 21.8 Å². The van der Waals surface area contributed by atoms with Gasteiger partial charge in [-0.05, 0) is 69.6 Å². The van der Waals surface area contributed by atoms with E-state index in [1.807, 2.05) is 24.3 Å². The summed E-state index contributed by atoms with van der Waals surface area (Å²) in [5.74, 6) is 1.39. The minimum Gasteiger partial charge on any atom is -0.493 e. The lowest BCUT2D eigenvalue weighted by Crippen LogP contribution is -2.44. The first kappa shape index (κ1) is 22.8. The van der Waals surface area contributed by atoms with Crippen molar-refractivity contribution in [3.63, 3.8) is 0 Å². The van der Waals surface area contributed by atoms with Gasteiger partial charge in [0.05, 0.1) is 18.1 Å². The molecule has 1 aromatic rings. The molecule has 4 rings (SSSR count). The van der Waals surface area contributed by atoms with E-state index >= 15 is 0 Å². The maximum atomic E-state index is 12.8. The molecule has 0 aromatic heterocycles. The van der Waals surface area contributed by atoms with Gasteiger partial charge in [0, 0.05) is 12.0 Å². The molecule has 3 aliphatic rings. The Bertz CT molecular complexity index is 1020. The van der Waals surface area contributed by atoms with Crippen LogP contribution in [0.2, 0.25) is 0 Å². The van der Waals surface area contributed by atoms with Gasteiger partial charge in [0.1, 0.15) is 11.3 Å². The number of benzene rings is 1. The second kappa shape index (κ2) is 8.54. The number of sulfone groups is 1. The number of imide groups is 1. The van der Waals surface area contributed by atoms with Gasteiger partial charge < -0.3 is 9.64 Å². The zero-order chi connectivity index (χ0) is 23.0. The van der Waals surface area contributed by atoms with Crippen molar-refractivity contribution < 1.29 is 22.7 Å². The molecule has 1 saturated heterocycles. The maximum absolute atomic E-state index is 12.8. The Morgan fingerprint density at radius 3 is 2.56 bits per heavy atom. The van der Waals surface area contributed by atoms with E-state index in [2.05, 4.69) is 5.32 Å². The van der Waals surface area contributed by atoms with Crippen molar-refractivity contribution in [1.29, 1.82) is 0 Å². The number of amides is 3. The van der Waals surface area contributed by atoms with Crippen molar-refractivity contribution in [2.45, 2.75) is 56.9 Å². The first-order valence-electron chi connectivity index (χ1n) is 11.3. The lowest BCUT2D eigenvalue weighted by molar-refractivity contribution is -0.124. The third-order valence-corrected chi connectivity index (χ3v) is 8.58. The Hall–Kier alpha value is -2.35. The van der Waals surface area contributed by atoms with E-state index < -0.39 is 21.4 Å². The van der Waals surface area contributed by atoms with Crippen LogP contribution in [0, 0.1) is 5.92 Å². The summed E-state index contributed by atoms with van der Waals surface area (Å²) in [6.45, 7) is 4.38. The largest absolute Gasteiger partial charge is 0.493 e. The zero-order valence-electron chi connectivity index (χ0n) is 18.8. The van der Waals surface area contributed by atoms with Gasteiger partial charge in [0.25, 0.3) is 5.91 Å².